The molecule has 0 spiro atoms. The highest BCUT2D eigenvalue weighted by molar-refractivity contribution is 9.10. The lowest BCUT2D eigenvalue weighted by atomic mass is 10.0. The van der Waals surface area contributed by atoms with E-state index in [1.807, 2.05) is 6.07 Å². The van der Waals surface area contributed by atoms with Crippen molar-refractivity contribution in [3.63, 3.8) is 0 Å². The zero-order valence-electron chi connectivity index (χ0n) is 11.3. The average Bonchev–Trinajstić information content (AvgIpc) is 2.93. The van der Waals surface area contributed by atoms with Crippen molar-refractivity contribution in [1.29, 1.82) is 0 Å². The lowest BCUT2D eigenvalue weighted by molar-refractivity contribution is 0.412. The molecular formula is C17H16Br2O. The first-order chi connectivity index (χ1) is 9.69. The predicted molar refractivity (Wildman–Crippen MR) is 89.9 cm³/mol. The third kappa shape index (κ3) is 2.66. The summed E-state index contributed by atoms with van der Waals surface area (Å²) in [6, 6.07) is 13.1. The van der Waals surface area contributed by atoms with Crippen LogP contribution in [0.3, 0.4) is 0 Å². The van der Waals surface area contributed by atoms with Crippen LogP contribution >= 0.6 is 31.9 Å². The van der Waals surface area contributed by atoms with Gasteiger partial charge in [-0.3, -0.25) is 0 Å². The molecule has 3 rings (SSSR count). The van der Waals surface area contributed by atoms with Crippen LogP contribution in [0.5, 0.6) is 5.75 Å². The first-order valence-electron chi connectivity index (χ1n) is 6.78. The zero-order chi connectivity index (χ0) is 14.1. The number of alkyl halides is 1. The van der Waals surface area contributed by atoms with Crippen LogP contribution in [-0.4, -0.2) is 7.11 Å². The van der Waals surface area contributed by atoms with Gasteiger partial charge >= 0.3 is 0 Å². The number of hydrogen-bond donors (Lipinski definition) is 0. The molecule has 0 radical (unpaired) electrons. The van der Waals surface area contributed by atoms with Crippen molar-refractivity contribution in [2.45, 2.75) is 24.1 Å². The highest BCUT2D eigenvalue weighted by atomic mass is 79.9. The Balaban J connectivity index is 1.92. The van der Waals surface area contributed by atoms with Crippen molar-refractivity contribution in [3.8, 4) is 5.75 Å². The third-order valence-corrected chi connectivity index (χ3v) is 5.56. The maximum absolute atomic E-state index is 5.28. The summed E-state index contributed by atoms with van der Waals surface area (Å²) in [5, 5.41) is 0. The first kappa shape index (κ1) is 14.2. The lowest BCUT2D eigenvalue weighted by Crippen LogP contribution is -1.96. The number of fused-ring (bicyclic) bond motifs is 1. The fraction of sp³-hybridized carbons (Fsp3) is 0.294. The van der Waals surface area contributed by atoms with E-state index in [0.717, 1.165) is 10.2 Å². The fourth-order valence-corrected chi connectivity index (χ4v) is 3.91. The van der Waals surface area contributed by atoms with Gasteiger partial charge in [0.2, 0.25) is 0 Å². The topological polar surface area (TPSA) is 9.23 Å². The van der Waals surface area contributed by atoms with E-state index >= 15 is 0 Å². The van der Waals surface area contributed by atoms with Gasteiger partial charge in [-0.15, -0.1) is 0 Å². The minimum atomic E-state index is 0.218. The summed E-state index contributed by atoms with van der Waals surface area (Å²) in [7, 11) is 1.69. The van der Waals surface area contributed by atoms with Crippen molar-refractivity contribution in [1.82, 2.24) is 0 Å². The summed E-state index contributed by atoms with van der Waals surface area (Å²) in [6.07, 6.45) is 3.74. The summed E-state index contributed by atoms with van der Waals surface area (Å²) in [6.45, 7) is 0. The summed E-state index contributed by atoms with van der Waals surface area (Å²) in [5.41, 5.74) is 5.59. The number of rotatable bonds is 3. The molecule has 0 amide bonds. The Labute approximate surface area is 136 Å². The Morgan fingerprint density at radius 1 is 1.00 bits per heavy atom. The van der Waals surface area contributed by atoms with Crippen LogP contribution in [0.15, 0.2) is 40.9 Å². The van der Waals surface area contributed by atoms with Gasteiger partial charge in [-0.2, -0.15) is 0 Å². The molecule has 0 saturated carbocycles. The number of aryl methyl sites for hydroxylation is 2. The number of ether oxygens (including phenoxy) is 1. The lowest BCUT2D eigenvalue weighted by Gasteiger charge is -2.14. The van der Waals surface area contributed by atoms with Gasteiger partial charge in [0.1, 0.15) is 5.75 Å². The molecule has 0 aromatic heterocycles. The molecule has 0 heterocycles. The first-order valence-corrected chi connectivity index (χ1v) is 8.49. The number of hydrogen-bond acceptors (Lipinski definition) is 1. The SMILES string of the molecule is COc1ccc(C(Br)c2ccc3c(c2)CCC3)cc1Br. The highest BCUT2D eigenvalue weighted by Gasteiger charge is 2.16. The second-order valence-corrected chi connectivity index (χ2v) is 6.91. The van der Waals surface area contributed by atoms with Crippen LogP contribution in [0, 0.1) is 0 Å². The summed E-state index contributed by atoms with van der Waals surface area (Å²) >= 11 is 7.37. The summed E-state index contributed by atoms with van der Waals surface area (Å²) in [5.74, 6) is 0.863. The Morgan fingerprint density at radius 2 is 1.70 bits per heavy atom. The second-order valence-electron chi connectivity index (χ2n) is 5.14. The Hall–Kier alpha value is -0.800. The van der Waals surface area contributed by atoms with Gasteiger partial charge in [0.15, 0.2) is 0 Å². The maximum Gasteiger partial charge on any atom is 0.133 e. The van der Waals surface area contributed by atoms with Crippen molar-refractivity contribution >= 4 is 31.9 Å². The van der Waals surface area contributed by atoms with E-state index in [-0.39, 0.29) is 4.83 Å². The predicted octanol–water partition coefficient (Wildman–Crippen LogP) is 5.43. The van der Waals surface area contributed by atoms with Gasteiger partial charge in [0.25, 0.3) is 0 Å². The Bertz CT molecular complexity index is 637. The highest BCUT2D eigenvalue weighted by Crippen LogP contribution is 2.36. The molecule has 1 nitrogen and oxygen atoms in total. The zero-order valence-corrected chi connectivity index (χ0v) is 14.5. The van der Waals surface area contributed by atoms with Gasteiger partial charge in [-0.25, -0.2) is 0 Å². The smallest absolute Gasteiger partial charge is 0.133 e. The molecule has 1 unspecified atom stereocenters. The number of halogens is 2. The van der Waals surface area contributed by atoms with E-state index in [1.165, 1.54) is 41.5 Å². The molecule has 2 aromatic rings. The van der Waals surface area contributed by atoms with Gasteiger partial charge in [-0.05, 0) is 69.6 Å². The summed E-state index contributed by atoms with van der Waals surface area (Å²) < 4.78 is 6.27. The van der Waals surface area contributed by atoms with E-state index in [0.29, 0.717) is 0 Å². The van der Waals surface area contributed by atoms with Crippen molar-refractivity contribution in [3.05, 3.63) is 63.1 Å². The molecule has 1 aliphatic carbocycles. The molecule has 20 heavy (non-hydrogen) atoms. The molecular weight excluding hydrogens is 380 g/mol. The van der Waals surface area contributed by atoms with Gasteiger partial charge in [0.05, 0.1) is 16.4 Å². The fourth-order valence-electron chi connectivity index (χ4n) is 2.78. The van der Waals surface area contributed by atoms with E-state index in [2.05, 4.69) is 62.2 Å². The van der Waals surface area contributed by atoms with Crippen LogP contribution in [0.4, 0.5) is 0 Å². The van der Waals surface area contributed by atoms with Crippen LogP contribution in [0.25, 0.3) is 0 Å². The van der Waals surface area contributed by atoms with Crippen molar-refractivity contribution in [2.24, 2.45) is 0 Å². The molecule has 1 atom stereocenters. The third-order valence-electron chi connectivity index (χ3n) is 3.88. The quantitative estimate of drug-likeness (QED) is 0.629. The number of methoxy groups -OCH3 is 1. The van der Waals surface area contributed by atoms with E-state index in [9.17, 15) is 0 Å². The van der Waals surface area contributed by atoms with Gasteiger partial charge < -0.3 is 4.74 Å². The maximum atomic E-state index is 5.28. The van der Waals surface area contributed by atoms with Crippen molar-refractivity contribution < 1.29 is 4.74 Å². The van der Waals surface area contributed by atoms with Gasteiger partial charge in [-0.1, -0.05) is 40.2 Å². The second kappa shape index (κ2) is 5.90. The van der Waals surface area contributed by atoms with E-state index in [1.54, 1.807) is 7.11 Å². The largest absolute Gasteiger partial charge is 0.496 e. The van der Waals surface area contributed by atoms with E-state index < -0.39 is 0 Å². The Kier molecular flexibility index (Phi) is 4.18. The molecule has 1 aliphatic rings. The molecule has 2 aromatic carbocycles. The van der Waals surface area contributed by atoms with Gasteiger partial charge in [0, 0.05) is 0 Å². The van der Waals surface area contributed by atoms with Crippen LogP contribution in [-0.2, 0) is 12.8 Å². The molecule has 3 heteroatoms. The monoisotopic (exact) mass is 394 g/mol. The van der Waals surface area contributed by atoms with Crippen LogP contribution in [0.2, 0.25) is 0 Å². The molecule has 0 bridgehead atoms. The standard InChI is InChI=1S/C17H16Br2O/c1-20-16-8-7-14(10-15(16)18)17(19)13-6-5-11-3-2-4-12(11)9-13/h5-10,17H,2-4H2,1H3. The minimum absolute atomic E-state index is 0.218. The molecule has 104 valence electrons. The average molecular weight is 396 g/mol. The van der Waals surface area contributed by atoms with E-state index in [4.69, 9.17) is 4.74 Å². The van der Waals surface area contributed by atoms with Crippen molar-refractivity contribution in [2.75, 3.05) is 7.11 Å². The number of benzene rings is 2. The normalized spacial score (nSPS) is 14.9. The molecule has 0 saturated heterocycles. The molecule has 0 fully saturated rings. The molecule has 0 aliphatic heterocycles. The summed E-state index contributed by atoms with van der Waals surface area (Å²) in [4.78, 5) is 0.218. The van der Waals surface area contributed by atoms with Crippen LogP contribution in [0.1, 0.15) is 33.5 Å². The molecule has 0 N–H and O–H groups in total. The minimum Gasteiger partial charge on any atom is -0.496 e. The Morgan fingerprint density at radius 3 is 2.45 bits per heavy atom. The van der Waals surface area contributed by atoms with Crippen LogP contribution < -0.4 is 4.74 Å².